The van der Waals surface area contributed by atoms with Crippen LogP contribution in [0.5, 0.6) is 0 Å². The molecule has 18 heavy (non-hydrogen) atoms. The van der Waals surface area contributed by atoms with Crippen LogP contribution in [0.15, 0.2) is 31.0 Å². The van der Waals surface area contributed by atoms with Gasteiger partial charge in [0.25, 0.3) is 0 Å². The van der Waals surface area contributed by atoms with Gasteiger partial charge in [-0.15, -0.1) is 0 Å². The van der Waals surface area contributed by atoms with Gasteiger partial charge in [-0.05, 0) is 31.4 Å². The first-order valence-corrected chi connectivity index (χ1v) is 6.14. The van der Waals surface area contributed by atoms with E-state index < -0.39 is 0 Å². The van der Waals surface area contributed by atoms with Gasteiger partial charge in [-0.3, -0.25) is 0 Å². The summed E-state index contributed by atoms with van der Waals surface area (Å²) >= 11 is 0. The third-order valence-corrected chi connectivity index (χ3v) is 3.25. The van der Waals surface area contributed by atoms with E-state index in [-0.39, 0.29) is 0 Å². The van der Waals surface area contributed by atoms with Crippen molar-refractivity contribution in [2.24, 2.45) is 5.73 Å². The molecular formula is C12H16N6. The van der Waals surface area contributed by atoms with E-state index in [4.69, 9.17) is 5.73 Å². The lowest BCUT2D eigenvalue weighted by atomic mass is 10.2. The summed E-state index contributed by atoms with van der Waals surface area (Å²) in [5, 5.41) is 7.49. The van der Waals surface area contributed by atoms with Crippen LogP contribution >= 0.6 is 0 Å². The molecule has 3 rings (SSSR count). The highest BCUT2D eigenvalue weighted by atomic mass is 15.3. The Hall–Kier alpha value is -1.95. The Balaban J connectivity index is 1.68. The SMILES string of the molecule is NC1CCC(Nc2ccc(-n3cncn3)nc2)C1. The zero-order valence-corrected chi connectivity index (χ0v) is 10.0. The first-order chi connectivity index (χ1) is 8.81. The minimum atomic E-state index is 0.338. The molecule has 0 aromatic carbocycles. The molecular weight excluding hydrogens is 228 g/mol. The molecule has 1 fully saturated rings. The summed E-state index contributed by atoms with van der Waals surface area (Å²) in [6.45, 7) is 0. The third-order valence-electron chi connectivity index (χ3n) is 3.25. The van der Waals surface area contributed by atoms with E-state index in [9.17, 15) is 0 Å². The number of hydrogen-bond acceptors (Lipinski definition) is 5. The number of nitrogens with one attached hydrogen (secondary N) is 1. The van der Waals surface area contributed by atoms with E-state index in [1.165, 1.54) is 6.33 Å². The van der Waals surface area contributed by atoms with Crippen LogP contribution in [0.1, 0.15) is 19.3 Å². The monoisotopic (exact) mass is 244 g/mol. The molecule has 2 aromatic heterocycles. The van der Waals surface area contributed by atoms with E-state index in [1.54, 1.807) is 11.0 Å². The van der Waals surface area contributed by atoms with Gasteiger partial charge in [-0.2, -0.15) is 5.10 Å². The minimum absolute atomic E-state index is 0.338. The normalized spacial score (nSPS) is 23.2. The average molecular weight is 244 g/mol. The highest BCUT2D eigenvalue weighted by Gasteiger charge is 2.21. The molecule has 0 bridgehead atoms. The molecule has 6 nitrogen and oxygen atoms in total. The van der Waals surface area contributed by atoms with Crippen LogP contribution in [0, 0.1) is 0 Å². The zero-order valence-electron chi connectivity index (χ0n) is 10.0. The Labute approximate surface area is 105 Å². The number of nitrogens with two attached hydrogens (primary N) is 1. The number of pyridine rings is 1. The van der Waals surface area contributed by atoms with Gasteiger partial charge in [-0.1, -0.05) is 0 Å². The second-order valence-electron chi connectivity index (χ2n) is 4.66. The van der Waals surface area contributed by atoms with Crippen molar-refractivity contribution in [1.82, 2.24) is 19.7 Å². The van der Waals surface area contributed by atoms with Crippen LogP contribution in [-0.4, -0.2) is 31.8 Å². The van der Waals surface area contributed by atoms with Crippen LogP contribution in [-0.2, 0) is 0 Å². The van der Waals surface area contributed by atoms with Crippen LogP contribution in [0.4, 0.5) is 5.69 Å². The van der Waals surface area contributed by atoms with Crippen LogP contribution < -0.4 is 11.1 Å². The van der Waals surface area contributed by atoms with Gasteiger partial charge in [0, 0.05) is 12.1 Å². The van der Waals surface area contributed by atoms with Crippen molar-refractivity contribution in [3.63, 3.8) is 0 Å². The molecule has 2 aromatic rings. The van der Waals surface area contributed by atoms with Crippen LogP contribution in [0.2, 0.25) is 0 Å². The summed E-state index contributed by atoms with van der Waals surface area (Å²) in [5.41, 5.74) is 6.92. The molecule has 2 heterocycles. The first kappa shape index (κ1) is 11.2. The average Bonchev–Trinajstić information content (AvgIpc) is 3.02. The maximum atomic E-state index is 5.89. The molecule has 0 amide bonds. The van der Waals surface area contributed by atoms with Crippen molar-refractivity contribution in [1.29, 1.82) is 0 Å². The molecule has 0 aliphatic heterocycles. The molecule has 6 heteroatoms. The lowest BCUT2D eigenvalue weighted by Gasteiger charge is -2.13. The molecule has 0 saturated heterocycles. The number of rotatable bonds is 3. The molecule has 3 N–H and O–H groups in total. The van der Waals surface area contributed by atoms with Gasteiger partial charge >= 0.3 is 0 Å². The standard InChI is InChI=1S/C12H16N6/c13-9-1-2-10(5-9)17-11-3-4-12(15-6-11)18-8-14-7-16-18/h3-4,6-10,17H,1-2,5,13H2. The molecule has 1 aliphatic rings. The lowest BCUT2D eigenvalue weighted by Crippen LogP contribution is -2.20. The zero-order chi connectivity index (χ0) is 12.4. The van der Waals surface area contributed by atoms with Crippen LogP contribution in [0.3, 0.4) is 0 Å². The predicted molar refractivity (Wildman–Crippen MR) is 68.4 cm³/mol. The summed E-state index contributed by atoms with van der Waals surface area (Å²) in [4.78, 5) is 8.24. The topological polar surface area (TPSA) is 81.6 Å². The fourth-order valence-corrected chi connectivity index (χ4v) is 2.32. The maximum absolute atomic E-state index is 5.89. The number of hydrogen-bond donors (Lipinski definition) is 2. The molecule has 1 saturated carbocycles. The second-order valence-corrected chi connectivity index (χ2v) is 4.66. The predicted octanol–water partition coefficient (Wildman–Crippen LogP) is 0.954. The third kappa shape index (κ3) is 2.33. The summed E-state index contributed by atoms with van der Waals surface area (Å²) in [6.07, 6.45) is 8.21. The summed E-state index contributed by atoms with van der Waals surface area (Å²) in [6, 6.07) is 4.74. The largest absolute Gasteiger partial charge is 0.381 e. The van der Waals surface area contributed by atoms with Crippen molar-refractivity contribution in [2.75, 3.05) is 5.32 Å². The summed E-state index contributed by atoms with van der Waals surface area (Å²) < 4.78 is 1.63. The number of aromatic nitrogens is 4. The first-order valence-electron chi connectivity index (χ1n) is 6.14. The lowest BCUT2D eigenvalue weighted by molar-refractivity contribution is 0.687. The van der Waals surface area contributed by atoms with E-state index in [1.807, 2.05) is 18.3 Å². The Morgan fingerprint density at radius 3 is 2.89 bits per heavy atom. The Morgan fingerprint density at radius 2 is 2.28 bits per heavy atom. The Bertz CT molecular complexity index is 492. The molecule has 0 spiro atoms. The van der Waals surface area contributed by atoms with Gasteiger partial charge < -0.3 is 11.1 Å². The molecule has 2 unspecified atom stereocenters. The van der Waals surface area contributed by atoms with Crippen molar-refractivity contribution in [3.05, 3.63) is 31.0 Å². The fourth-order valence-electron chi connectivity index (χ4n) is 2.32. The number of nitrogens with zero attached hydrogens (tertiary/aromatic N) is 4. The van der Waals surface area contributed by atoms with Crippen molar-refractivity contribution < 1.29 is 0 Å². The Morgan fingerprint density at radius 1 is 1.33 bits per heavy atom. The molecule has 94 valence electrons. The molecule has 2 atom stereocenters. The van der Waals surface area contributed by atoms with Crippen molar-refractivity contribution >= 4 is 5.69 Å². The van der Waals surface area contributed by atoms with Gasteiger partial charge in [0.2, 0.25) is 0 Å². The van der Waals surface area contributed by atoms with E-state index in [0.717, 1.165) is 30.8 Å². The van der Waals surface area contributed by atoms with Crippen molar-refractivity contribution in [2.45, 2.75) is 31.3 Å². The van der Waals surface area contributed by atoms with Gasteiger partial charge in [0.1, 0.15) is 12.7 Å². The van der Waals surface area contributed by atoms with Gasteiger partial charge in [0.05, 0.1) is 11.9 Å². The summed E-state index contributed by atoms with van der Waals surface area (Å²) in [7, 11) is 0. The van der Waals surface area contributed by atoms with Gasteiger partial charge in [-0.25, -0.2) is 14.6 Å². The van der Waals surface area contributed by atoms with Crippen molar-refractivity contribution in [3.8, 4) is 5.82 Å². The minimum Gasteiger partial charge on any atom is -0.381 e. The smallest absolute Gasteiger partial charge is 0.155 e. The van der Waals surface area contributed by atoms with E-state index in [0.29, 0.717) is 12.1 Å². The Kier molecular flexibility index (Phi) is 2.93. The van der Waals surface area contributed by atoms with Crippen LogP contribution in [0.25, 0.3) is 5.82 Å². The summed E-state index contributed by atoms with van der Waals surface area (Å²) in [5.74, 6) is 0.765. The van der Waals surface area contributed by atoms with Gasteiger partial charge in [0.15, 0.2) is 5.82 Å². The second kappa shape index (κ2) is 4.73. The maximum Gasteiger partial charge on any atom is 0.155 e. The quantitative estimate of drug-likeness (QED) is 0.840. The fraction of sp³-hybridized carbons (Fsp3) is 0.417. The molecule has 0 radical (unpaired) electrons. The highest BCUT2D eigenvalue weighted by molar-refractivity contribution is 5.44. The number of anilines is 1. The van der Waals surface area contributed by atoms with E-state index >= 15 is 0 Å². The van der Waals surface area contributed by atoms with E-state index in [2.05, 4.69) is 20.4 Å². The highest BCUT2D eigenvalue weighted by Crippen LogP contribution is 2.21. The molecule has 1 aliphatic carbocycles.